The molecule has 0 spiro atoms. The van der Waals surface area contributed by atoms with Gasteiger partial charge in [-0.1, -0.05) is 12.1 Å². The van der Waals surface area contributed by atoms with Gasteiger partial charge in [-0.3, -0.25) is 34.2 Å². The first-order chi connectivity index (χ1) is 17.3. The Bertz CT molecular complexity index is 1130. The van der Waals surface area contributed by atoms with Gasteiger partial charge in [0, 0.05) is 43.7 Å². The van der Waals surface area contributed by atoms with Crippen LogP contribution in [0.3, 0.4) is 0 Å². The Hall–Kier alpha value is -3.77. The summed E-state index contributed by atoms with van der Waals surface area (Å²) in [5.74, 6) is -2.44. The number of fused-ring (bicyclic) bond motifs is 1. The molecule has 2 aliphatic heterocycles. The third-order valence-corrected chi connectivity index (χ3v) is 6.95. The zero-order valence-electron chi connectivity index (χ0n) is 19.5. The standard InChI is InChI=1S/C24H25N5O6S/c1-15(30)35-13-16-14-36-23-20(22(32)29(23)21(16)24(33)34)27-19(31)12-28(10-17-6-2-4-8-25-17)11-18-7-3-5-9-26-18/h2-9,20,23H,10-14H2,1H3,(H,27,31)(H,33,34)/t20-,23?/m1/s1. The lowest BCUT2D eigenvalue weighted by Crippen LogP contribution is -2.71. The number of esters is 1. The van der Waals surface area contributed by atoms with Crippen LogP contribution in [0.2, 0.25) is 0 Å². The number of aliphatic carboxylic acids is 1. The number of carboxylic acids is 1. The Morgan fingerprint density at radius 2 is 1.78 bits per heavy atom. The second-order valence-electron chi connectivity index (χ2n) is 8.28. The second kappa shape index (κ2) is 11.3. The largest absolute Gasteiger partial charge is 0.477 e. The number of nitrogens with zero attached hydrogens (tertiary/aromatic N) is 4. The molecule has 36 heavy (non-hydrogen) atoms. The summed E-state index contributed by atoms with van der Waals surface area (Å²) < 4.78 is 4.94. The lowest BCUT2D eigenvalue weighted by atomic mass is 10.0. The van der Waals surface area contributed by atoms with Crippen LogP contribution in [0.1, 0.15) is 18.3 Å². The summed E-state index contributed by atoms with van der Waals surface area (Å²) in [6.07, 6.45) is 3.36. The number of ether oxygens (including phenoxy) is 1. The van der Waals surface area contributed by atoms with Gasteiger partial charge in [0.15, 0.2) is 0 Å². The van der Waals surface area contributed by atoms with Crippen molar-refractivity contribution in [2.24, 2.45) is 0 Å². The zero-order valence-corrected chi connectivity index (χ0v) is 20.3. The lowest BCUT2D eigenvalue weighted by molar-refractivity contribution is -0.151. The van der Waals surface area contributed by atoms with E-state index in [9.17, 15) is 24.3 Å². The first-order valence-corrected chi connectivity index (χ1v) is 12.2. The van der Waals surface area contributed by atoms with Crippen molar-refractivity contribution in [3.8, 4) is 0 Å². The van der Waals surface area contributed by atoms with Crippen LogP contribution in [-0.4, -0.2) is 78.9 Å². The first kappa shape index (κ1) is 25.3. The number of carboxylic acid groups (broad SMARTS) is 1. The van der Waals surface area contributed by atoms with E-state index >= 15 is 0 Å². The van der Waals surface area contributed by atoms with Crippen LogP contribution in [0, 0.1) is 0 Å². The molecule has 0 bridgehead atoms. The van der Waals surface area contributed by atoms with Crippen molar-refractivity contribution in [1.82, 2.24) is 25.1 Å². The number of amides is 2. The van der Waals surface area contributed by atoms with E-state index in [1.165, 1.54) is 18.7 Å². The maximum Gasteiger partial charge on any atom is 0.352 e. The molecule has 1 saturated heterocycles. The fourth-order valence-corrected chi connectivity index (χ4v) is 5.34. The number of carbonyl (C=O) groups excluding carboxylic acids is 3. The molecule has 1 fully saturated rings. The van der Waals surface area contributed by atoms with Crippen LogP contribution in [0.25, 0.3) is 0 Å². The van der Waals surface area contributed by atoms with Crippen LogP contribution < -0.4 is 5.32 Å². The normalized spacial score (nSPS) is 18.9. The van der Waals surface area contributed by atoms with Crippen molar-refractivity contribution in [1.29, 1.82) is 0 Å². The van der Waals surface area contributed by atoms with Gasteiger partial charge in [-0.05, 0) is 24.3 Å². The Morgan fingerprint density at radius 3 is 2.31 bits per heavy atom. The molecule has 11 nitrogen and oxygen atoms in total. The number of nitrogens with one attached hydrogen (secondary N) is 1. The van der Waals surface area contributed by atoms with Crippen LogP contribution in [-0.2, 0) is 37.0 Å². The summed E-state index contributed by atoms with van der Waals surface area (Å²) in [5.41, 5.74) is 1.72. The van der Waals surface area contributed by atoms with Gasteiger partial charge in [0.2, 0.25) is 5.91 Å². The SMILES string of the molecule is CC(=O)OCC1=C(C(=O)O)N2C(=O)[C@@H](NC(=O)CN(Cc3ccccn3)Cc3ccccn3)C2SC1. The topological polar surface area (TPSA) is 142 Å². The van der Waals surface area contributed by atoms with Crippen LogP contribution in [0.15, 0.2) is 60.1 Å². The molecule has 2 aromatic heterocycles. The number of hydrogen-bond donors (Lipinski definition) is 2. The monoisotopic (exact) mass is 511 g/mol. The average molecular weight is 512 g/mol. The number of carbonyl (C=O) groups is 4. The van der Waals surface area contributed by atoms with E-state index in [1.807, 2.05) is 41.3 Å². The first-order valence-electron chi connectivity index (χ1n) is 11.2. The molecule has 2 N–H and O–H groups in total. The molecule has 0 aliphatic carbocycles. The molecule has 4 heterocycles. The average Bonchev–Trinajstić information content (AvgIpc) is 2.86. The fourth-order valence-electron chi connectivity index (χ4n) is 4.01. The highest BCUT2D eigenvalue weighted by Crippen LogP contribution is 2.40. The van der Waals surface area contributed by atoms with Crippen molar-refractivity contribution >= 4 is 35.5 Å². The zero-order chi connectivity index (χ0) is 25.7. The number of rotatable bonds is 10. The number of hydrogen-bond acceptors (Lipinski definition) is 9. The molecule has 12 heteroatoms. The van der Waals surface area contributed by atoms with Gasteiger partial charge in [-0.25, -0.2) is 4.79 Å². The molecule has 2 aromatic rings. The van der Waals surface area contributed by atoms with E-state index in [4.69, 9.17) is 4.74 Å². The number of thioether (sulfide) groups is 1. The van der Waals surface area contributed by atoms with Gasteiger partial charge in [0.1, 0.15) is 23.7 Å². The van der Waals surface area contributed by atoms with Crippen LogP contribution in [0.5, 0.6) is 0 Å². The van der Waals surface area contributed by atoms with Crippen molar-refractivity contribution in [3.05, 3.63) is 71.4 Å². The molecule has 2 aliphatic rings. The molecular formula is C24H25N5O6S. The van der Waals surface area contributed by atoms with Gasteiger partial charge in [-0.2, -0.15) is 0 Å². The minimum absolute atomic E-state index is 0.00631. The molecular weight excluding hydrogens is 486 g/mol. The van der Waals surface area contributed by atoms with E-state index in [0.717, 1.165) is 16.3 Å². The Kier molecular flexibility index (Phi) is 7.96. The summed E-state index contributed by atoms with van der Waals surface area (Å²) in [7, 11) is 0. The molecule has 0 radical (unpaired) electrons. The summed E-state index contributed by atoms with van der Waals surface area (Å²) in [6.45, 7) is 1.82. The maximum absolute atomic E-state index is 13.0. The fraction of sp³-hybridized carbons (Fsp3) is 0.333. The van der Waals surface area contributed by atoms with E-state index < -0.39 is 29.3 Å². The van der Waals surface area contributed by atoms with Gasteiger partial charge in [0.25, 0.3) is 5.91 Å². The van der Waals surface area contributed by atoms with Gasteiger partial charge in [-0.15, -0.1) is 11.8 Å². The van der Waals surface area contributed by atoms with E-state index in [-0.39, 0.29) is 30.5 Å². The van der Waals surface area contributed by atoms with Crippen molar-refractivity contribution in [2.75, 3.05) is 18.9 Å². The molecule has 2 amide bonds. The summed E-state index contributed by atoms with van der Waals surface area (Å²) >= 11 is 1.32. The lowest BCUT2D eigenvalue weighted by Gasteiger charge is -2.49. The predicted octanol–water partition coefficient (Wildman–Crippen LogP) is 0.781. The van der Waals surface area contributed by atoms with Gasteiger partial charge >= 0.3 is 11.9 Å². The van der Waals surface area contributed by atoms with Crippen LogP contribution in [0.4, 0.5) is 0 Å². The highest BCUT2D eigenvalue weighted by atomic mass is 32.2. The smallest absolute Gasteiger partial charge is 0.352 e. The second-order valence-corrected chi connectivity index (χ2v) is 9.38. The highest BCUT2D eigenvalue weighted by Gasteiger charge is 2.54. The van der Waals surface area contributed by atoms with Crippen molar-refractivity contribution in [2.45, 2.75) is 31.4 Å². The Labute approximate surface area is 211 Å². The predicted molar refractivity (Wildman–Crippen MR) is 129 cm³/mol. The molecule has 0 aromatic carbocycles. The number of aromatic nitrogens is 2. The Balaban J connectivity index is 1.42. The Morgan fingerprint density at radius 1 is 1.14 bits per heavy atom. The van der Waals surface area contributed by atoms with Gasteiger partial charge in [0.05, 0.1) is 17.9 Å². The maximum atomic E-state index is 13.0. The van der Waals surface area contributed by atoms with E-state index in [2.05, 4.69) is 15.3 Å². The molecule has 0 saturated carbocycles. The van der Waals surface area contributed by atoms with Crippen molar-refractivity contribution in [3.63, 3.8) is 0 Å². The quantitative estimate of drug-likeness (QED) is 0.347. The highest BCUT2D eigenvalue weighted by molar-refractivity contribution is 8.00. The van der Waals surface area contributed by atoms with Crippen LogP contribution >= 0.6 is 11.8 Å². The van der Waals surface area contributed by atoms with E-state index in [1.54, 1.807) is 12.4 Å². The molecule has 188 valence electrons. The van der Waals surface area contributed by atoms with Gasteiger partial charge < -0.3 is 15.2 Å². The molecule has 1 unspecified atom stereocenters. The minimum atomic E-state index is -1.28. The summed E-state index contributed by atoms with van der Waals surface area (Å²) in [5, 5.41) is 11.9. The minimum Gasteiger partial charge on any atom is -0.477 e. The van der Waals surface area contributed by atoms with E-state index in [0.29, 0.717) is 18.7 Å². The number of β-lactam (4-membered cyclic amide) rings is 1. The molecule has 2 atom stereocenters. The van der Waals surface area contributed by atoms with Crippen molar-refractivity contribution < 1.29 is 29.0 Å². The number of pyridine rings is 2. The third kappa shape index (κ3) is 5.89. The summed E-state index contributed by atoms with van der Waals surface area (Å²) in [6, 6.07) is 10.2. The summed E-state index contributed by atoms with van der Waals surface area (Å²) in [4.78, 5) is 60.5. The molecule has 4 rings (SSSR count). The third-order valence-electron chi connectivity index (χ3n) is 5.61.